The maximum absolute atomic E-state index is 10.8. The molecule has 0 aromatic heterocycles. The Morgan fingerprint density at radius 1 is 0.788 bits per heavy atom. The van der Waals surface area contributed by atoms with Crippen LogP contribution in [0.25, 0.3) is 0 Å². The molecule has 0 aliphatic heterocycles. The molecule has 0 fully saturated rings. The van der Waals surface area contributed by atoms with E-state index < -0.39 is 12.0 Å². The summed E-state index contributed by atoms with van der Waals surface area (Å²) >= 11 is 0. The number of rotatable bonds is 22. The first-order valence-corrected chi connectivity index (χ1v) is 13.2. The first kappa shape index (κ1) is 33.7. The van der Waals surface area contributed by atoms with E-state index in [1.54, 1.807) is 0 Å². The molecule has 7 heteroatoms. The Hall–Kier alpha value is -1.44. The highest BCUT2D eigenvalue weighted by molar-refractivity contribution is 5.72. The van der Waals surface area contributed by atoms with Gasteiger partial charge in [-0.1, -0.05) is 83.3 Å². The van der Waals surface area contributed by atoms with Crippen LogP contribution in [0, 0.1) is 0 Å². The largest absolute Gasteiger partial charge is 0.480 e. The zero-order chi connectivity index (χ0) is 25.0. The third-order valence-electron chi connectivity index (χ3n) is 5.37. The Morgan fingerprint density at radius 3 is 1.79 bits per heavy atom. The number of nitrogens with two attached hydrogens (primary N) is 3. The standard InChI is InChI=1S/C20H39NO2.C6H14N2O2/c1-2-3-4-5-6-7-8-9-10-11-12-13-14-15-16-17-18-23-20(22)19-21;7-4-2-1-3-5(8)6(9)10/h9-10H,2-8,11-19,21H2,1H3;5H,1-4,7-8H2,(H,9,10)/b10-9-;. The van der Waals surface area contributed by atoms with Gasteiger partial charge in [-0.2, -0.15) is 0 Å². The highest BCUT2D eigenvalue weighted by Gasteiger charge is 2.09. The zero-order valence-corrected chi connectivity index (χ0v) is 21.3. The number of carbonyl (C=O) groups excluding carboxylic acids is 1. The Bertz CT molecular complexity index is 459. The molecule has 33 heavy (non-hydrogen) atoms. The number of hydrogen-bond donors (Lipinski definition) is 4. The first-order chi connectivity index (χ1) is 16.0. The molecule has 7 nitrogen and oxygen atoms in total. The summed E-state index contributed by atoms with van der Waals surface area (Å²) in [5.41, 5.74) is 15.6. The van der Waals surface area contributed by atoms with Gasteiger partial charge in [0.15, 0.2) is 0 Å². The lowest BCUT2D eigenvalue weighted by Crippen LogP contribution is -2.29. The summed E-state index contributed by atoms with van der Waals surface area (Å²) in [4.78, 5) is 21.0. The molecule has 196 valence electrons. The van der Waals surface area contributed by atoms with Crippen molar-refractivity contribution in [3.8, 4) is 0 Å². The van der Waals surface area contributed by atoms with E-state index in [0.29, 0.717) is 19.6 Å². The molecule has 0 aromatic rings. The lowest BCUT2D eigenvalue weighted by molar-refractivity contribution is -0.142. The van der Waals surface area contributed by atoms with Crippen molar-refractivity contribution in [3.05, 3.63) is 12.2 Å². The van der Waals surface area contributed by atoms with Crippen molar-refractivity contribution < 1.29 is 19.4 Å². The van der Waals surface area contributed by atoms with Crippen LogP contribution in [0.5, 0.6) is 0 Å². The second-order valence-electron chi connectivity index (χ2n) is 8.59. The van der Waals surface area contributed by atoms with Gasteiger partial charge in [-0.25, -0.2) is 0 Å². The third-order valence-corrected chi connectivity index (χ3v) is 5.37. The Morgan fingerprint density at radius 2 is 1.30 bits per heavy atom. The molecule has 0 bridgehead atoms. The predicted molar refractivity (Wildman–Crippen MR) is 138 cm³/mol. The van der Waals surface area contributed by atoms with Gasteiger partial charge in [-0.15, -0.1) is 0 Å². The Labute approximate surface area is 202 Å². The number of ether oxygens (including phenoxy) is 1. The molecule has 0 radical (unpaired) electrons. The van der Waals surface area contributed by atoms with E-state index >= 15 is 0 Å². The zero-order valence-electron chi connectivity index (χ0n) is 21.3. The van der Waals surface area contributed by atoms with Crippen LogP contribution in [0.4, 0.5) is 0 Å². The van der Waals surface area contributed by atoms with Crippen LogP contribution < -0.4 is 17.2 Å². The molecule has 0 rings (SSSR count). The van der Waals surface area contributed by atoms with E-state index in [2.05, 4.69) is 19.1 Å². The average molecular weight is 472 g/mol. The lowest BCUT2D eigenvalue weighted by Gasteiger charge is -2.03. The molecule has 0 amide bonds. The second-order valence-corrected chi connectivity index (χ2v) is 8.59. The molecule has 0 saturated heterocycles. The molecular weight excluding hydrogens is 418 g/mol. The summed E-state index contributed by atoms with van der Waals surface area (Å²) < 4.78 is 4.94. The molecule has 0 aliphatic rings. The normalized spacial score (nSPS) is 11.8. The molecule has 0 aliphatic carbocycles. The molecule has 0 spiro atoms. The summed E-state index contributed by atoms with van der Waals surface area (Å²) in [7, 11) is 0. The van der Waals surface area contributed by atoms with Gasteiger partial charge in [-0.05, 0) is 51.5 Å². The van der Waals surface area contributed by atoms with Gasteiger partial charge < -0.3 is 27.0 Å². The molecule has 1 unspecified atom stereocenters. The van der Waals surface area contributed by atoms with Crippen molar-refractivity contribution in [1.29, 1.82) is 0 Å². The van der Waals surface area contributed by atoms with E-state index in [1.165, 1.54) is 77.0 Å². The van der Waals surface area contributed by atoms with Crippen molar-refractivity contribution in [2.45, 2.75) is 122 Å². The minimum absolute atomic E-state index is 0.00756. The van der Waals surface area contributed by atoms with Gasteiger partial charge in [0.1, 0.15) is 6.04 Å². The molecule has 0 heterocycles. The average Bonchev–Trinajstić information content (AvgIpc) is 2.81. The fourth-order valence-corrected chi connectivity index (χ4v) is 3.23. The summed E-state index contributed by atoms with van der Waals surface area (Å²) in [6.45, 7) is 3.39. The number of carbonyl (C=O) groups is 2. The number of allylic oxidation sites excluding steroid dienone is 2. The van der Waals surface area contributed by atoms with Gasteiger partial charge in [0.25, 0.3) is 0 Å². The first-order valence-electron chi connectivity index (χ1n) is 13.2. The van der Waals surface area contributed by atoms with Gasteiger partial charge in [0, 0.05) is 0 Å². The Balaban J connectivity index is 0. The Kier molecular flexibility index (Phi) is 29.2. The highest BCUT2D eigenvalue weighted by Crippen LogP contribution is 2.10. The van der Waals surface area contributed by atoms with E-state index in [4.69, 9.17) is 27.0 Å². The quantitative estimate of drug-likeness (QED) is 0.0982. The van der Waals surface area contributed by atoms with Crippen molar-refractivity contribution >= 4 is 11.9 Å². The fourth-order valence-electron chi connectivity index (χ4n) is 3.23. The SMILES string of the molecule is CCCCCCCC/C=C\CCCCCCCCOC(=O)CN.NCCCCC(N)C(=O)O. The number of carboxylic acids is 1. The number of esters is 1. The van der Waals surface area contributed by atoms with Gasteiger partial charge >= 0.3 is 11.9 Å². The number of aliphatic carboxylic acids is 1. The van der Waals surface area contributed by atoms with Crippen LogP contribution in [-0.4, -0.2) is 42.8 Å². The molecule has 7 N–H and O–H groups in total. The topological polar surface area (TPSA) is 142 Å². The molecule has 1 atom stereocenters. The maximum Gasteiger partial charge on any atom is 0.320 e. The summed E-state index contributed by atoms with van der Waals surface area (Å²) in [6.07, 6.45) is 24.9. The van der Waals surface area contributed by atoms with E-state index in [9.17, 15) is 9.59 Å². The van der Waals surface area contributed by atoms with Crippen LogP contribution in [0.15, 0.2) is 12.2 Å². The molecule has 0 aromatic carbocycles. The van der Waals surface area contributed by atoms with Crippen molar-refractivity contribution in [2.75, 3.05) is 19.7 Å². The van der Waals surface area contributed by atoms with Crippen LogP contribution in [0.1, 0.15) is 116 Å². The molecular formula is C26H53N3O4. The van der Waals surface area contributed by atoms with Crippen LogP contribution in [-0.2, 0) is 14.3 Å². The third kappa shape index (κ3) is 30.6. The van der Waals surface area contributed by atoms with Crippen molar-refractivity contribution in [1.82, 2.24) is 0 Å². The highest BCUT2D eigenvalue weighted by atomic mass is 16.5. The minimum atomic E-state index is -0.933. The van der Waals surface area contributed by atoms with Crippen molar-refractivity contribution in [2.24, 2.45) is 17.2 Å². The summed E-state index contributed by atoms with van der Waals surface area (Å²) in [5, 5.41) is 8.33. The second kappa shape index (κ2) is 28.6. The van der Waals surface area contributed by atoms with E-state index in [1.807, 2.05) is 0 Å². The van der Waals surface area contributed by atoms with E-state index in [-0.39, 0.29) is 12.5 Å². The van der Waals surface area contributed by atoms with Gasteiger partial charge in [0.05, 0.1) is 13.2 Å². The summed E-state index contributed by atoms with van der Waals surface area (Å²) in [5.74, 6) is -1.23. The minimum Gasteiger partial charge on any atom is -0.480 e. The van der Waals surface area contributed by atoms with Gasteiger partial charge in [0.2, 0.25) is 0 Å². The predicted octanol–water partition coefficient (Wildman–Crippen LogP) is 5.05. The maximum atomic E-state index is 10.8. The monoisotopic (exact) mass is 471 g/mol. The van der Waals surface area contributed by atoms with Crippen molar-refractivity contribution in [3.63, 3.8) is 0 Å². The fraction of sp³-hybridized carbons (Fsp3) is 0.846. The molecule has 0 saturated carbocycles. The van der Waals surface area contributed by atoms with Crippen LogP contribution in [0.3, 0.4) is 0 Å². The van der Waals surface area contributed by atoms with Crippen LogP contribution in [0.2, 0.25) is 0 Å². The number of carboxylic acid groups (broad SMARTS) is 1. The van der Waals surface area contributed by atoms with E-state index in [0.717, 1.165) is 25.7 Å². The lowest BCUT2D eigenvalue weighted by atomic mass is 10.1. The number of unbranched alkanes of at least 4 members (excludes halogenated alkanes) is 13. The number of hydrogen-bond acceptors (Lipinski definition) is 6. The van der Waals surface area contributed by atoms with Gasteiger partial charge in [-0.3, -0.25) is 9.59 Å². The summed E-state index contributed by atoms with van der Waals surface area (Å²) in [6, 6.07) is -0.716. The van der Waals surface area contributed by atoms with Crippen LogP contribution >= 0.6 is 0 Å². The smallest absolute Gasteiger partial charge is 0.320 e.